The van der Waals surface area contributed by atoms with Crippen LogP contribution in [0.25, 0.3) is 5.32 Å². The summed E-state index contributed by atoms with van der Waals surface area (Å²) in [6.07, 6.45) is 0.415. The molecule has 0 bridgehead atoms. The number of hydrogen-bond acceptors (Lipinski definition) is 8. The number of nitrogens with zero attached hydrogens (tertiary/aromatic N) is 4. The molecule has 0 aromatic heterocycles. The maximum atomic E-state index is 13.9. The Bertz CT molecular complexity index is 1910. The van der Waals surface area contributed by atoms with E-state index in [2.05, 4.69) is 10.2 Å². The standard InChI is InChI=1S/C40H40N4O7.Ni/c1-50-34-21-11-9-17-29(34)31(25-35(45)44-23-24-51-40(44)49)37(39(47)48)42-36(28-15-6-3-7-16-28)30-18-8-10-19-32(30)41-38(46)33-20-12-22-43(33)26-27-13-4-2-5-14-27;/h2-11,13-19,21,31,33,37H,12,20,22-26H2,1H3,(H2,41,42,46,47,48);/p-1/t31-,33+,37+;/m1./s1. The summed E-state index contributed by atoms with van der Waals surface area (Å²) in [6, 6.07) is 31.0. The van der Waals surface area contributed by atoms with Crippen LogP contribution in [0.2, 0.25) is 0 Å². The summed E-state index contributed by atoms with van der Waals surface area (Å²) >= 11 is 0. The number of hydrogen-bond donors (Lipinski definition) is 1. The van der Waals surface area contributed by atoms with E-state index in [0.717, 1.165) is 23.4 Å². The van der Waals surface area contributed by atoms with Crippen LogP contribution in [-0.4, -0.2) is 83.4 Å². The molecule has 2 aliphatic heterocycles. The SMILES string of the molecule is COc1ccccc1[C@@H](CC(=O)N1CCOC1=O)[C@H](N=C(c1ccccc1)c1ccccc1[N-]C(=O)[C@@H]1CCCN1Cc1ccccc1)C(=O)O.[Ni]. The Morgan fingerprint density at radius 3 is 2.29 bits per heavy atom. The van der Waals surface area contributed by atoms with Crippen molar-refractivity contribution in [3.63, 3.8) is 0 Å². The van der Waals surface area contributed by atoms with E-state index in [-0.39, 0.29) is 47.7 Å². The van der Waals surface area contributed by atoms with E-state index in [1.807, 2.05) is 48.5 Å². The first kappa shape index (κ1) is 37.9. The molecular weight excluding hydrogens is 707 g/mol. The van der Waals surface area contributed by atoms with Gasteiger partial charge in [0.15, 0.2) is 6.04 Å². The molecule has 272 valence electrons. The minimum Gasteiger partial charge on any atom is -0.625 e. The van der Waals surface area contributed by atoms with Crippen LogP contribution in [0.5, 0.6) is 5.75 Å². The first-order chi connectivity index (χ1) is 24.8. The zero-order valence-corrected chi connectivity index (χ0v) is 29.6. The van der Waals surface area contributed by atoms with Gasteiger partial charge in [-0.1, -0.05) is 103 Å². The third-order valence-corrected chi connectivity index (χ3v) is 9.21. The molecule has 0 saturated carbocycles. The zero-order valence-electron chi connectivity index (χ0n) is 28.6. The number of para-hydroxylation sites is 2. The second-order valence-electron chi connectivity index (χ2n) is 12.4. The third kappa shape index (κ3) is 8.76. The van der Waals surface area contributed by atoms with Crippen LogP contribution in [0.1, 0.15) is 47.4 Å². The van der Waals surface area contributed by atoms with E-state index in [1.165, 1.54) is 7.11 Å². The summed E-state index contributed by atoms with van der Waals surface area (Å²) in [5.74, 6) is -2.83. The number of aliphatic imine (C=N–C) groups is 1. The first-order valence-electron chi connectivity index (χ1n) is 16.9. The van der Waals surface area contributed by atoms with Crippen molar-refractivity contribution in [1.82, 2.24) is 9.80 Å². The fourth-order valence-corrected chi connectivity index (χ4v) is 6.71. The van der Waals surface area contributed by atoms with E-state index in [0.29, 0.717) is 41.1 Å². The molecule has 0 aliphatic carbocycles. The fraction of sp³-hybridized carbons (Fsp3) is 0.275. The summed E-state index contributed by atoms with van der Waals surface area (Å²) in [5, 5.41) is 15.4. The molecule has 0 radical (unpaired) electrons. The van der Waals surface area contributed by atoms with Crippen LogP contribution in [0, 0.1) is 0 Å². The number of ether oxygens (including phenoxy) is 2. The normalized spacial score (nSPS) is 17.1. The number of carbonyl (C=O) groups is 4. The Morgan fingerprint density at radius 1 is 0.923 bits per heavy atom. The van der Waals surface area contributed by atoms with E-state index in [1.54, 1.807) is 60.7 Å². The molecule has 4 aromatic rings. The molecule has 0 unspecified atom stereocenters. The largest absolute Gasteiger partial charge is 0.625 e. The smallest absolute Gasteiger partial charge is 0.416 e. The number of amides is 3. The van der Waals surface area contributed by atoms with Crippen molar-refractivity contribution < 1.29 is 50.2 Å². The van der Waals surface area contributed by atoms with Crippen molar-refractivity contribution >= 4 is 35.3 Å². The first-order valence-corrected chi connectivity index (χ1v) is 16.9. The van der Waals surface area contributed by atoms with Gasteiger partial charge in [0.1, 0.15) is 12.4 Å². The molecule has 3 atom stereocenters. The Morgan fingerprint density at radius 2 is 1.60 bits per heavy atom. The molecule has 0 spiro atoms. The van der Waals surface area contributed by atoms with Gasteiger partial charge in [-0.3, -0.25) is 14.7 Å². The van der Waals surface area contributed by atoms with Crippen LogP contribution in [-0.2, 0) is 42.2 Å². The van der Waals surface area contributed by atoms with E-state index < -0.39 is 36.0 Å². The summed E-state index contributed by atoms with van der Waals surface area (Å²) in [4.78, 5) is 61.0. The number of carbonyl (C=O) groups excluding carboxylic acids is 3. The Labute approximate surface area is 312 Å². The number of cyclic esters (lactones) is 1. The molecule has 2 fully saturated rings. The predicted octanol–water partition coefficient (Wildman–Crippen LogP) is 6.33. The number of likely N-dealkylation sites (tertiary alicyclic amines) is 1. The van der Waals surface area contributed by atoms with Crippen LogP contribution >= 0.6 is 0 Å². The zero-order chi connectivity index (χ0) is 35.7. The van der Waals surface area contributed by atoms with Gasteiger partial charge in [0.2, 0.25) is 5.91 Å². The van der Waals surface area contributed by atoms with Crippen LogP contribution in [0.3, 0.4) is 0 Å². The monoisotopic (exact) mass is 745 g/mol. The van der Waals surface area contributed by atoms with Crippen molar-refractivity contribution in [1.29, 1.82) is 0 Å². The second kappa shape index (κ2) is 17.8. The number of benzene rings is 4. The van der Waals surface area contributed by atoms with Gasteiger partial charge in [-0.15, -0.1) is 5.69 Å². The van der Waals surface area contributed by atoms with Crippen molar-refractivity contribution in [3.05, 3.63) is 137 Å². The maximum absolute atomic E-state index is 13.9. The van der Waals surface area contributed by atoms with Crippen LogP contribution < -0.4 is 4.74 Å². The molecule has 52 heavy (non-hydrogen) atoms. The molecule has 11 nitrogen and oxygen atoms in total. The Balaban J connectivity index is 0.00000523. The molecule has 2 heterocycles. The maximum Gasteiger partial charge on any atom is 0.416 e. The molecule has 2 saturated heterocycles. The van der Waals surface area contributed by atoms with Crippen molar-refractivity contribution in [2.24, 2.45) is 4.99 Å². The number of carboxylic acids is 1. The average molecular weight is 746 g/mol. The number of carboxylic acid groups (broad SMARTS) is 1. The topological polar surface area (TPSA) is 140 Å². The average Bonchev–Trinajstić information content (AvgIpc) is 3.81. The molecule has 1 N–H and O–H groups in total. The molecule has 2 aliphatic rings. The quantitative estimate of drug-likeness (QED) is 0.124. The molecule has 3 amide bonds. The van der Waals surface area contributed by atoms with Crippen molar-refractivity contribution in [2.75, 3.05) is 26.8 Å². The summed E-state index contributed by atoms with van der Waals surface area (Å²) in [7, 11) is 1.46. The molecule has 6 rings (SSSR count). The molecule has 4 aromatic carbocycles. The van der Waals surface area contributed by atoms with Gasteiger partial charge in [-0.25, -0.2) is 14.5 Å². The Kier molecular flexibility index (Phi) is 12.9. The van der Waals surface area contributed by atoms with E-state index >= 15 is 0 Å². The van der Waals surface area contributed by atoms with E-state index in [9.17, 15) is 24.3 Å². The van der Waals surface area contributed by atoms with E-state index in [4.69, 9.17) is 14.5 Å². The Hall–Kier alpha value is -5.32. The van der Waals surface area contributed by atoms with Crippen LogP contribution in [0.15, 0.2) is 114 Å². The van der Waals surface area contributed by atoms with Gasteiger partial charge in [0.25, 0.3) is 0 Å². The van der Waals surface area contributed by atoms with Crippen molar-refractivity contribution in [2.45, 2.75) is 43.8 Å². The summed E-state index contributed by atoms with van der Waals surface area (Å²) in [6.45, 7) is 1.53. The summed E-state index contributed by atoms with van der Waals surface area (Å²) in [5.41, 5.74) is 3.25. The predicted molar refractivity (Wildman–Crippen MR) is 191 cm³/mol. The fourth-order valence-electron chi connectivity index (χ4n) is 6.71. The number of rotatable bonds is 13. The second-order valence-corrected chi connectivity index (χ2v) is 12.4. The van der Waals surface area contributed by atoms with Gasteiger partial charge in [-0.2, -0.15) is 0 Å². The minimum atomic E-state index is -1.51. The third-order valence-electron chi connectivity index (χ3n) is 9.21. The van der Waals surface area contributed by atoms with Gasteiger partial charge >= 0.3 is 12.1 Å². The molecule has 12 heteroatoms. The van der Waals surface area contributed by atoms with Crippen molar-refractivity contribution in [3.8, 4) is 5.75 Å². The number of aliphatic carboxylic acids is 1. The molecular formula is C40H39N4NiO7-. The number of methoxy groups -OCH3 is 1. The number of imide groups is 1. The van der Waals surface area contributed by atoms with Gasteiger partial charge in [0.05, 0.1) is 31.3 Å². The van der Waals surface area contributed by atoms with Crippen LogP contribution in [0.4, 0.5) is 10.5 Å². The van der Waals surface area contributed by atoms with Gasteiger partial charge in [-0.05, 0) is 36.6 Å². The minimum absolute atomic E-state index is 0. The van der Waals surface area contributed by atoms with Gasteiger partial charge in [0, 0.05) is 46.5 Å². The van der Waals surface area contributed by atoms with Gasteiger partial charge < -0.3 is 24.7 Å². The summed E-state index contributed by atoms with van der Waals surface area (Å²) < 4.78 is 10.6.